The molecular formula is C13H15ClN4OS. The lowest BCUT2D eigenvalue weighted by Crippen LogP contribution is -2.32. The van der Waals surface area contributed by atoms with E-state index in [1.807, 2.05) is 18.3 Å². The Bertz CT molecular complexity index is 547. The zero-order valence-electron chi connectivity index (χ0n) is 10.7. The summed E-state index contributed by atoms with van der Waals surface area (Å²) >= 11 is 1.52. The Kier molecular flexibility index (Phi) is 5.05. The van der Waals surface area contributed by atoms with Crippen LogP contribution in [0, 0.1) is 0 Å². The van der Waals surface area contributed by atoms with Gasteiger partial charge in [-0.1, -0.05) is 11.8 Å². The second kappa shape index (κ2) is 6.78. The van der Waals surface area contributed by atoms with E-state index < -0.39 is 0 Å². The zero-order valence-corrected chi connectivity index (χ0v) is 12.3. The van der Waals surface area contributed by atoms with Gasteiger partial charge in [-0.2, -0.15) is 0 Å². The minimum absolute atomic E-state index is 0. The smallest absolute Gasteiger partial charge is 0.259 e. The number of nitrogens with one attached hydrogen (secondary N) is 2. The summed E-state index contributed by atoms with van der Waals surface area (Å²) in [5.74, 6) is -0.0305. The molecule has 3 rings (SSSR count). The van der Waals surface area contributed by atoms with Crippen LogP contribution in [0.2, 0.25) is 0 Å². The van der Waals surface area contributed by atoms with Crippen molar-refractivity contribution in [1.29, 1.82) is 0 Å². The average molecular weight is 311 g/mol. The summed E-state index contributed by atoms with van der Waals surface area (Å²) in [4.78, 5) is 18.8. The van der Waals surface area contributed by atoms with Gasteiger partial charge >= 0.3 is 0 Å². The number of carbonyl (C=O) groups excluding carboxylic acids is 1. The van der Waals surface area contributed by atoms with Crippen molar-refractivity contribution in [2.45, 2.75) is 6.54 Å². The van der Waals surface area contributed by atoms with E-state index in [0.717, 1.165) is 28.7 Å². The van der Waals surface area contributed by atoms with Crippen LogP contribution < -0.4 is 10.6 Å². The summed E-state index contributed by atoms with van der Waals surface area (Å²) in [6.45, 7) is 2.15. The number of aromatic nitrogens is 1. The van der Waals surface area contributed by atoms with Gasteiger partial charge in [0.1, 0.15) is 0 Å². The van der Waals surface area contributed by atoms with Crippen molar-refractivity contribution in [2.75, 3.05) is 13.2 Å². The van der Waals surface area contributed by atoms with Crippen molar-refractivity contribution < 1.29 is 4.79 Å². The summed E-state index contributed by atoms with van der Waals surface area (Å²) in [5.41, 5.74) is 1.05. The summed E-state index contributed by atoms with van der Waals surface area (Å²) in [7, 11) is 0. The van der Waals surface area contributed by atoms with Gasteiger partial charge in [-0.15, -0.1) is 12.4 Å². The maximum Gasteiger partial charge on any atom is 0.259 e. The van der Waals surface area contributed by atoms with E-state index in [4.69, 9.17) is 0 Å². The standard InChI is InChI=1S/C13H14N4OS.ClH/c18-13(16-7-10-1-4-14-5-2-10)11-8-17-9-15-6-3-12(17)19-11;/h1-5,8,15H,6-7,9H2,(H,16,18);1H. The molecule has 0 bridgehead atoms. The fraction of sp³-hybridized carbons (Fsp3) is 0.231. The molecule has 0 atom stereocenters. The highest BCUT2D eigenvalue weighted by Crippen LogP contribution is 2.36. The Labute approximate surface area is 127 Å². The molecule has 20 heavy (non-hydrogen) atoms. The molecule has 1 amide bonds. The van der Waals surface area contributed by atoms with Crippen LogP contribution in [-0.2, 0) is 11.3 Å². The summed E-state index contributed by atoms with van der Waals surface area (Å²) in [6, 6.07) is 3.79. The first-order valence-electron chi connectivity index (χ1n) is 6.07. The van der Waals surface area contributed by atoms with E-state index >= 15 is 0 Å². The largest absolute Gasteiger partial charge is 0.347 e. The summed E-state index contributed by atoms with van der Waals surface area (Å²) in [5, 5.41) is 7.28. The molecule has 0 spiro atoms. The Morgan fingerprint density at radius 3 is 3.00 bits per heavy atom. The van der Waals surface area contributed by atoms with Crippen molar-refractivity contribution in [3.8, 4) is 0 Å². The summed E-state index contributed by atoms with van der Waals surface area (Å²) < 4.78 is 0. The van der Waals surface area contributed by atoms with Crippen LogP contribution in [0.25, 0.3) is 0 Å². The predicted octanol–water partition coefficient (Wildman–Crippen LogP) is 1.41. The van der Waals surface area contributed by atoms with Crippen molar-refractivity contribution >= 4 is 30.1 Å². The van der Waals surface area contributed by atoms with Gasteiger partial charge in [0.25, 0.3) is 5.91 Å². The molecule has 0 saturated carbocycles. The maximum atomic E-state index is 12.1. The molecule has 5 nitrogen and oxygen atoms in total. The molecule has 0 aromatic carbocycles. The number of nitrogens with zero attached hydrogens (tertiary/aromatic N) is 2. The molecule has 0 unspecified atom stereocenters. The number of amides is 1. The Balaban J connectivity index is 0.00000147. The van der Waals surface area contributed by atoms with Gasteiger partial charge in [0, 0.05) is 31.7 Å². The molecular weight excluding hydrogens is 296 g/mol. The van der Waals surface area contributed by atoms with E-state index in [0.29, 0.717) is 6.54 Å². The maximum absolute atomic E-state index is 12.1. The lowest BCUT2D eigenvalue weighted by Gasteiger charge is -2.21. The molecule has 0 radical (unpaired) electrons. The number of fused-ring (bicyclic) bond motifs is 1. The van der Waals surface area contributed by atoms with Crippen molar-refractivity contribution in [2.24, 2.45) is 0 Å². The topological polar surface area (TPSA) is 57.3 Å². The van der Waals surface area contributed by atoms with Gasteiger partial charge in [-0.25, -0.2) is 0 Å². The molecule has 0 fully saturated rings. The lowest BCUT2D eigenvalue weighted by molar-refractivity contribution is -0.117. The third-order valence-corrected chi connectivity index (χ3v) is 4.02. The minimum Gasteiger partial charge on any atom is -0.347 e. The van der Waals surface area contributed by atoms with Crippen LogP contribution in [0.15, 0.2) is 46.7 Å². The molecule has 2 aliphatic rings. The van der Waals surface area contributed by atoms with Gasteiger partial charge < -0.3 is 10.2 Å². The number of thioether (sulfide) groups is 1. The second-order valence-corrected chi connectivity index (χ2v) is 5.32. The van der Waals surface area contributed by atoms with Crippen LogP contribution in [0.1, 0.15) is 5.56 Å². The Hall–Kier alpha value is -1.50. The van der Waals surface area contributed by atoms with Crippen molar-refractivity contribution in [3.05, 3.63) is 52.3 Å². The monoisotopic (exact) mass is 310 g/mol. The third-order valence-electron chi connectivity index (χ3n) is 2.90. The fourth-order valence-corrected chi connectivity index (χ4v) is 2.88. The van der Waals surface area contributed by atoms with Gasteiger partial charge in [0.2, 0.25) is 0 Å². The van der Waals surface area contributed by atoms with Crippen LogP contribution in [0.4, 0.5) is 0 Å². The fourth-order valence-electron chi connectivity index (χ4n) is 1.90. The van der Waals surface area contributed by atoms with Crippen LogP contribution in [0.5, 0.6) is 0 Å². The second-order valence-electron chi connectivity index (χ2n) is 4.26. The molecule has 0 aliphatic carbocycles. The van der Waals surface area contributed by atoms with E-state index in [1.54, 1.807) is 12.4 Å². The highest BCUT2D eigenvalue weighted by Gasteiger charge is 2.25. The molecule has 1 aromatic heterocycles. The number of hydrogen-bond donors (Lipinski definition) is 2. The first-order chi connectivity index (χ1) is 9.33. The number of halogens is 1. The number of hydrogen-bond acceptors (Lipinski definition) is 5. The quantitative estimate of drug-likeness (QED) is 0.884. The van der Waals surface area contributed by atoms with Crippen molar-refractivity contribution in [1.82, 2.24) is 20.5 Å². The molecule has 2 aliphatic heterocycles. The predicted molar refractivity (Wildman–Crippen MR) is 81.8 cm³/mol. The Morgan fingerprint density at radius 1 is 1.45 bits per heavy atom. The van der Waals surface area contributed by atoms with E-state index in [1.165, 1.54) is 11.8 Å². The SMILES string of the molecule is Cl.O=C(NCc1ccncc1)C1=CN2CNCC=C2S1. The molecule has 106 valence electrons. The molecule has 1 aromatic rings. The number of pyridine rings is 1. The average Bonchev–Trinajstić information content (AvgIpc) is 2.90. The van der Waals surface area contributed by atoms with Gasteiger partial charge in [-0.3, -0.25) is 15.1 Å². The van der Waals surface area contributed by atoms with E-state index in [2.05, 4.69) is 26.6 Å². The lowest BCUT2D eigenvalue weighted by atomic mass is 10.3. The normalized spacial score (nSPS) is 16.7. The molecule has 7 heteroatoms. The van der Waals surface area contributed by atoms with Crippen LogP contribution >= 0.6 is 24.2 Å². The summed E-state index contributed by atoms with van der Waals surface area (Å²) in [6.07, 6.45) is 7.43. The minimum atomic E-state index is -0.0305. The number of rotatable bonds is 3. The molecule has 3 heterocycles. The van der Waals surface area contributed by atoms with E-state index in [-0.39, 0.29) is 18.3 Å². The van der Waals surface area contributed by atoms with Crippen LogP contribution in [-0.4, -0.2) is 29.0 Å². The van der Waals surface area contributed by atoms with Gasteiger partial charge in [-0.05, 0) is 23.8 Å². The number of carbonyl (C=O) groups is 1. The highest BCUT2D eigenvalue weighted by atomic mass is 35.5. The van der Waals surface area contributed by atoms with E-state index in [9.17, 15) is 4.79 Å². The first-order valence-corrected chi connectivity index (χ1v) is 6.89. The highest BCUT2D eigenvalue weighted by molar-refractivity contribution is 8.07. The Morgan fingerprint density at radius 2 is 2.25 bits per heavy atom. The molecule has 2 N–H and O–H groups in total. The van der Waals surface area contributed by atoms with Gasteiger partial charge in [0.05, 0.1) is 16.6 Å². The molecule has 0 saturated heterocycles. The first kappa shape index (κ1) is 14.9. The van der Waals surface area contributed by atoms with Crippen LogP contribution in [0.3, 0.4) is 0 Å². The zero-order chi connectivity index (χ0) is 13.1. The van der Waals surface area contributed by atoms with Gasteiger partial charge in [0.15, 0.2) is 0 Å². The van der Waals surface area contributed by atoms with Crippen molar-refractivity contribution in [3.63, 3.8) is 0 Å². The third kappa shape index (κ3) is 3.33.